The lowest BCUT2D eigenvalue weighted by atomic mass is 10.0. The van der Waals surface area contributed by atoms with Crippen molar-refractivity contribution in [1.82, 2.24) is 5.32 Å². The number of carbonyl (C=O) groups is 2. The van der Waals surface area contributed by atoms with Gasteiger partial charge in [0, 0.05) is 12.8 Å². The van der Waals surface area contributed by atoms with Crippen LogP contribution < -0.4 is 5.32 Å². The Morgan fingerprint density at radius 1 is 0.476 bits per heavy atom. The zero-order valence-electron chi connectivity index (χ0n) is 41.7. The van der Waals surface area contributed by atoms with Gasteiger partial charge >= 0.3 is 5.97 Å². The summed E-state index contributed by atoms with van der Waals surface area (Å²) in [5.41, 5.74) is 0. The number of rotatable bonds is 48. The molecule has 0 radical (unpaired) electrons. The van der Waals surface area contributed by atoms with E-state index >= 15 is 0 Å². The predicted molar refractivity (Wildman–Crippen MR) is 273 cm³/mol. The molecule has 6 nitrogen and oxygen atoms in total. The van der Waals surface area contributed by atoms with E-state index in [-0.39, 0.29) is 24.9 Å². The molecule has 1 amide bonds. The Hall–Kier alpha value is -2.44. The second-order valence-electron chi connectivity index (χ2n) is 18.3. The van der Waals surface area contributed by atoms with Crippen LogP contribution in [0.25, 0.3) is 0 Å². The quantitative estimate of drug-likeness (QED) is 0.0321. The Labute approximate surface area is 390 Å². The van der Waals surface area contributed by atoms with Crippen molar-refractivity contribution >= 4 is 11.9 Å². The Balaban J connectivity index is 4.68. The smallest absolute Gasteiger partial charge is 0.306 e. The Kier molecular flexibility index (Phi) is 48.6. The number of hydrogen-bond acceptors (Lipinski definition) is 5. The SMILES string of the molecule is CC/C=C\C/C=C\C/C=C\C/C=C\C/C=C\CC(CC(=O)NC(CO)C(O)CCCCCCCCCCCCCCC)OC(=O)CCCCCCCCCCCCCCCCCC. The van der Waals surface area contributed by atoms with Crippen molar-refractivity contribution in [3.63, 3.8) is 0 Å². The van der Waals surface area contributed by atoms with Crippen molar-refractivity contribution in [3.05, 3.63) is 60.8 Å². The van der Waals surface area contributed by atoms with E-state index in [0.29, 0.717) is 19.3 Å². The van der Waals surface area contributed by atoms with E-state index in [9.17, 15) is 19.8 Å². The number of esters is 1. The van der Waals surface area contributed by atoms with Gasteiger partial charge in [-0.05, 0) is 44.9 Å². The number of hydrogen-bond donors (Lipinski definition) is 3. The fourth-order valence-corrected chi connectivity index (χ4v) is 8.04. The van der Waals surface area contributed by atoms with Crippen molar-refractivity contribution in [2.24, 2.45) is 0 Å². The van der Waals surface area contributed by atoms with Crippen molar-refractivity contribution in [1.29, 1.82) is 0 Å². The normalized spacial score (nSPS) is 13.7. The molecule has 0 saturated heterocycles. The zero-order valence-corrected chi connectivity index (χ0v) is 41.7. The minimum absolute atomic E-state index is 0.000962. The maximum atomic E-state index is 13.2. The maximum absolute atomic E-state index is 13.2. The minimum Gasteiger partial charge on any atom is -0.461 e. The average Bonchev–Trinajstić information content (AvgIpc) is 3.28. The van der Waals surface area contributed by atoms with Crippen LogP contribution in [0.3, 0.4) is 0 Å². The molecule has 0 aromatic rings. The molecule has 3 atom stereocenters. The maximum Gasteiger partial charge on any atom is 0.306 e. The Morgan fingerprint density at radius 2 is 0.825 bits per heavy atom. The molecule has 0 aromatic carbocycles. The molecule has 0 fully saturated rings. The number of carbonyl (C=O) groups excluding carboxylic acids is 2. The highest BCUT2D eigenvalue weighted by Crippen LogP contribution is 2.17. The first-order valence-corrected chi connectivity index (χ1v) is 27.0. The van der Waals surface area contributed by atoms with Crippen LogP contribution >= 0.6 is 0 Å². The number of ether oxygens (including phenoxy) is 1. The molecule has 366 valence electrons. The molecular weight excluding hydrogens is 779 g/mol. The second kappa shape index (κ2) is 50.6. The molecule has 3 unspecified atom stereocenters. The fraction of sp³-hybridized carbons (Fsp3) is 0.789. The van der Waals surface area contributed by atoms with E-state index in [1.54, 1.807) is 0 Å². The average molecular weight is 882 g/mol. The van der Waals surface area contributed by atoms with E-state index < -0.39 is 18.2 Å². The van der Waals surface area contributed by atoms with Crippen LogP contribution in [0.4, 0.5) is 0 Å². The van der Waals surface area contributed by atoms with E-state index in [1.165, 1.54) is 148 Å². The topological polar surface area (TPSA) is 95.9 Å². The molecule has 6 heteroatoms. The third-order valence-electron chi connectivity index (χ3n) is 12.1. The van der Waals surface area contributed by atoms with Gasteiger partial charge in [-0.1, -0.05) is 261 Å². The first-order chi connectivity index (χ1) is 31.0. The lowest BCUT2D eigenvalue weighted by molar-refractivity contribution is -0.150. The Morgan fingerprint density at radius 3 is 1.21 bits per heavy atom. The van der Waals surface area contributed by atoms with Crippen molar-refractivity contribution < 1.29 is 24.5 Å². The number of aliphatic hydroxyl groups is 2. The minimum atomic E-state index is -0.812. The van der Waals surface area contributed by atoms with Gasteiger partial charge in [-0.3, -0.25) is 9.59 Å². The van der Waals surface area contributed by atoms with Crippen LogP contribution in [0, 0.1) is 0 Å². The predicted octanol–water partition coefficient (Wildman–Crippen LogP) is 16.4. The summed E-state index contributed by atoms with van der Waals surface area (Å²) >= 11 is 0. The first kappa shape index (κ1) is 60.6. The van der Waals surface area contributed by atoms with Crippen LogP contribution in [0.5, 0.6) is 0 Å². The molecule has 0 aromatic heterocycles. The summed E-state index contributed by atoms with van der Waals surface area (Å²) in [5.74, 6) is -0.572. The molecule has 3 N–H and O–H groups in total. The molecule has 0 spiro atoms. The van der Waals surface area contributed by atoms with Gasteiger partial charge in [-0.15, -0.1) is 0 Å². The monoisotopic (exact) mass is 882 g/mol. The number of nitrogens with one attached hydrogen (secondary N) is 1. The second-order valence-corrected chi connectivity index (χ2v) is 18.3. The van der Waals surface area contributed by atoms with Gasteiger partial charge < -0.3 is 20.3 Å². The summed E-state index contributed by atoms with van der Waals surface area (Å²) in [4.78, 5) is 26.2. The van der Waals surface area contributed by atoms with Crippen molar-refractivity contribution in [2.45, 2.75) is 283 Å². The van der Waals surface area contributed by atoms with Crippen LogP contribution in [-0.4, -0.2) is 46.9 Å². The zero-order chi connectivity index (χ0) is 45.9. The van der Waals surface area contributed by atoms with Crippen LogP contribution in [0.2, 0.25) is 0 Å². The Bertz CT molecular complexity index is 1130. The fourth-order valence-electron chi connectivity index (χ4n) is 8.04. The van der Waals surface area contributed by atoms with Gasteiger partial charge in [0.05, 0.1) is 25.2 Å². The highest BCUT2D eigenvalue weighted by atomic mass is 16.5. The molecule has 63 heavy (non-hydrogen) atoms. The van der Waals surface area contributed by atoms with Gasteiger partial charge in [0.15, 0.2) is 0 Å². The van der Waals surface area contributed by atoms with E-state index in [2.05, 4.69) is 80.8 Å². The molecule has 0 aliphatic rings. The number of allylic oxidation sites excluding steroid dienone is 9. The van der Waals surface area contributed by atoms with Gasteiger partial charge in [0.25, 0.3) is 0 Å². The third-order valence-corrected chi connectivity index (χ3v) is 12.1. The molecule has 0 heterocycles. The largest absolute Gasteiger partial charge is 0.461 e. The van der Waals surface area contributed by atoms with Crippen molar-refractivity contribution in [2.75, 3.05) is 6.61 Å². The summed E-state index contributed by atoms with van der Waals surface area (Å²) in [6.45, 7) is 6.36. The molecular formula is C57H103NO5. The van der Waals surface area contributed by atoms with Gasteiger partial charge in [0.1, 0.15) is 6.10 Å². The van der Waals surface area contributed by atoms with E-state index in [0.717, 1.165) is 70.6 Å². The van der Waals surface area contributed by atoms with Gasteiger partial charge in [-0.25, -0.2) is 0 Å². The summed E-state index contributed by atoms with van der Waals surface area (Å²) in [6, 6.07) is -0.731. The van der Waals surface area contributed by atoms with E-state index in [1.807, 2.05) is 6.08 Å². The van der Waals surface area contributed by atoms with Crippen LogP contribution in [0.15, 0.2) is 60.8 Å². The molecule has 0 saturated carbocycles. The number of unbranched alkanes of at least 4 members (excludes halogenated alkanes) is 27. The van der Waals surface area contributed by atoms with Crippen molar-refractivity contribution in [3.8, 4) is 0 Å². The molecule has 0 aliphatic heterocycles. The lowest BCUT2D eigenvalue weighted by Crippen LogP contribution is -2.46. The summed E-state index contributed by atoms with van der Waals surface area (Å²) in [5, 5.41) is 23.8. The van der Waals surface area contributed by atoms with Gasteiger partial charge in [-0.2, -0.15) is 0 Å². The highest BCUT2D eigenvalue weighted by molar-refractivity contribution is 5.77. The number of aliphatic hydroxyl groups excluding tert-OH is 2. The lowest BCUT2D eigenvalue weighted by Gasteiger charge is -2.24. The number of amides is 1. The summed E-state index contributed by atoms with van der Waals surface area (Å²) in [7, 11) is 0. The molecule has 0 bridgehead atoms. The molecule has 0 aliphatic carbocycles. The highest BCUT2D eigenvalue weighted by Gasteiger charge is 2.23. The van der Waals surface area contributed by atoms with Crippen LogP contribution in [-0.2, 0) is 14.3 Å². The first-order valence-electron chi connectivity index (χ1n) is 27.0. The molecule has 0 rings (SSSR count). The van der Waals surface area contributed by atoms with Gasteiger partial charge in [0.2, 0.25) is 5.91 Å². The van der Waals surface area contributed by atoms with E-state index in [4.69, 9.17) is 4.74 Å². The standard InChI is InChI=1S/C57H103NO5/c1-4-7-10-13-16-19-22-25-27-29-32-35-38-41-44-47-50-57(62)63-53(48-45-42-39-36-33-31-28-26-23-20-17-14-11-8-5-2)51-56(61)58-54(52-59)55(60)49-46-43-40-37-34-30-24-21-18-15-12-9-6-3/h8,11,17,20,26,28,33,36,42,45,53-55,59-60H,4-7,9-10,12-16,18-19,21-25,27,29-32,34-35,37-41,43-44,46-52H2,1-3H3,(H,58,61)/b11-8-,20-17-,28-26-,36-33-,45-42-. The van der Waals surface area contributed by atoms with Crippen LogP contribution in [0.1, 0.15) is 265 Å². The summed E-state index contributed by atoms with van der Waals surface area (Å²) < 4.78 is 5.88. The summed E-state index contributed by atoms with van der Waals surface area (Å²) in [6.07, 6.45) is 63.0. The third kappa shape index (κ3) is 45.9.